The van der Waals surface area contributed by atoms with E-state index in [1.165, 1.54) is 6.92 Å². The van der Waals surface area contributed by atoms with Crippen molar-refractivity contribution in [1.29, 1.82) is 0 Å². The van der Waals surface area contributed by atoms with Gasteiger partial charge in [0.25, 0.3) is 0 Å². The van der Waals surface area contributed by atoms with Gasteiger partial charge in [-0.25, -0.2) is 0 Å². The van der Waals surface area contributed by atoms with Gasteiger partial charge in [0.2, 0.25) is 0 Å². The molecule has 1 N–H and O–H groups in total. The van der Waals surface area contributed by atoms with Crippen molar-refractivity contribution in [1.82, 2.24) is 5.32 Å². The van der Waals surface area contributed by atoms with Gasteiger partial charge in [-0.1, -0.05) is 13.8 Å². The second-order valence-electron chi connectivity index (χ2n) is 4.36. The molecule has 3 atom stereocenters. The highest BCUT2D eigenvalue weighted by Gasteiger charge is 2.52. The Morgan fingerprint density at radius 3 is 2.13 bits per heavy atom. The van der Waals surface area contributed by atoms with E-state index in [-0.39, 0.29) is 6.54 Å². The summed E-state index contributed by atoms with van der Waals surface area (Å²) in [5.74, 6) is -3.04. The minimum absolute atomic E-state index is 0.109. The summed E-state index contributed by atoms with van der Waals surface area (Å²) in [6, 6.07) is 0. The van der Waals surface area contributed by atoms with Gasteiger partial charge in [-0.2, -0.15) is 0 Å². The summed E-state index contributed by atoms with van der Waals surface area (Å²) in [7, 11) is 0. The third-order valence-electron chi connectivity index (χ3n) is 3.93. The molecule has 1 aliphatic heterocycles. The summed E-state index contributed by atoms with van der Waals surface area (Å²) >= 11 is 0. The van der Waals surface area contributed by atoms with Crippen LogP contribution in [0.5, 0.6) is 0 Å². The lowest BCUT2D eigenvalue weighted by atomic mass is 9.70. The lowest BCUT2D eigenvalue weighted by Gasteiger charge is -2.38. The van der Waals surface area contributed by atoms with E-state index in [1.54, 1.807) is 13.8 Å². The molecule has 0 aromatic carbocycles. The summed E-state index contributed by atoms with van der Waals surface area (Å²) in [6.07, 6.45) is 0.340. The third kappa shape index (κ3) is 1.42. The van der Waals surface area contributed by atoms with Gasteiger partial charge in [-0.3, -0.25) is 0 Å². The number of rotatable bonds is 3. The van der Waals surface area contributed by atoms with E-state index in [1.807, 2.05) is 0 Å². The van der Waals surface area contributed by atoms with Crippen molar-refractivity contribution in [3.8, 4) is 0 Å². The second kappa shape index (κ2) is 3.48. The Hall–Kier alpha value is -1.10. The van der Waals surface area contributed by atoms with Gasteiger partial charge in [-0.05, 0) is 19.3 Å². The van der Waals surface area contributed by atoms with Crippen LogP contribution in [0.4, 0.5) is 0 Å². The number of hydrogen-bond donors (Lipinski definition) is 1. The number of carbonyl (C=O) groups is 2. The first kappa shape index (κ1) is 12.0. The predicted octanol–water partition coefficient (Wildman–Crippen LogP) is -2.12. The summed E-state index contributed by atoms with van der Waals surface area (Å²) in [5, 5.41) is 24.8. The Morgan fingerprint density at radius 1 is 1.40 bits per heavy atom. The third-order valence-corrected chi connectivity index (χ3v) is 3.93. The SMILES string of the molecule is CCC1(C(=O)[O-])CNC(C)(C(=O)[O-])C1C. The second-order valence-corrected chi connectivity index (χ2v) is 4.36. The summed E-state index contributed by atoms with van der Waals surface area (Å²) in [5.41, 5.74) is -2.41. The number of carboxylic acid groups (broad SMARTS) is 2. The summed E-state index contributed by atoms with van der Waals surface area (Å²) in [4.78, 5) is 22.1. The van der Waals surface area contributed by atoms with Crippen molar-refractivity contribution >= 4 is 11.9 Å². The highest BCUT2D eigenvalue weighted by atomic mass is 16.4. The van der Waals surface area contributed by atoms with E-state index in [4.69, 9.17) is 0 Å². The van der Waals surface area contributed by atoms with Crippen LogP contribution in [0.2, 0.25) is 0 Å². The molecule has 0 aliphatic carbocycles. The van der Waals surface area contributed by atoms with Crippen molar-refractivity contribution in [2.75, 3.05) is 6.54 Å². The molecule has 86 valence electrons. The number of hydrogen-bond acceptors (Lipinski definition) is 5. The van der Waals surface area contributed by atoms with Crippen LogP contribution in [-0.4, -0.2) is 24.0 Å². The topological polar surface area (TPSA) is 92.3 Å². The zero-order valence-electron chi connectivity index (χ0n) is 9.12. The van der Waals surface area contributed by atoms with E-state index in [9.17, 15) is 19.8 Å². The molecule has 0 bridgehead atoms. The fourth-order valence-corrected chi connectivity index (χ4v) is 2.27. The quantitative estimate of drug-likeness (QED) is 0.578. The molecule has 0 amide bonds. The Kier molecular flexibility index (Phi) is 2.78. The molecule has 1 rings (SSSR count). The molecule has 1 aliphatic rings. The minimum Gasteiger partial charge on any atom is -0.549 e. The smallest absolute Gasteiger partial charge is 0.0616 e. The molecule has 1 fully saturated rings. The molecule has 1 saturated heterocycles. The first-order valence-corrected chi connectivity index (χ1v) is 4.99. The van der Waals surface area contributed by atoms with Crippen LogP contribution in [0.15, 0.2) is 0 Å². The molecule has 15 heavy (non-hydrogen) atoms. The van der Waals surface area contributed by atoms with Crippen LogP contribution in [0.25, 0.3) is 0 Å². The van der Waals surface area contributed by atoms with E-state index in [0.717, 1.165) is 0 Å². The van der Waals surface area contributed by atoms with Crippen LogP contribution in [0.3, 0.4) is 0 Å². The zero-order valence-corrected chi connectivity index (χ0v) is 9.12. The molecule has 3 unspecified atom stereocenters. The Labute approximate surface area is 88.5 Å². The monoisotopic (exact) mass is 213 g/mol. The van der Waals surface area contributed by atoms with E-state index in [2.05, 4.69) is 5.32 Å². The van der Waals surface area contributed by atoms with Crippen LogP contribution in [-0.2, 0) is 9.59 Å². The van der Waals surface area contributed by atoms with Crippen LogP contribution in [0, 0.1) is 11.3 Å². The van der Waals surface area contributed by atoms with Gasteiger partial charge in [0.05, 0.1) is 11.5 Å². The van der Waals surface area contributed by atoms with Gasteiger partial charge >= 0.3 is 0 Å². The molecule has 0 spiro atoms. The van der Waals surface area contributed by atoms with Crippen molar-refractivity contribution in [3.05, 3.63) is 0 Å². The lowest BCUT2D eigenvalue weighted by Crippen LogP contribution is -2.57. The Bertz CT molecular complexity index is 304. The molecule has 0 aromatic rings. The average Bonchev–Trinajstić information content (AvgIpc) is 2.43. The maximum Gasteiger partial charge on any atom is 0.0616 e. The molecule has 1 heterocycles. The first-order valence-electron chi connectivity index (χ1n) is 4.99. The molecule has 5 heteroatoms. The molecular formula is C10H15NO4-2. The predicted molar refractivity (Wildman–Crippen MR) is 48.3 cm³/mol. The van der Waals surface area contributed by atoms with Crippen LogP contribution >= 0.6 is 0 Å². The molecular weight excluding hydrogens is 198 g/mol. The minimum atomic E-state index is -1.30. The van der Waals surface area contributed by atoms with Gasteiger partial charge < -0.3 is 25.1 Å². The van der Waals surface area contributed by atoms with Crippen molar-refractivity contribution < 1.29 is 19.8 Å². The molecule has 0 radical (unpaired) electrons. The van der Waals surface area contributed by atoms with Crippen molar-refractivity contribution in [3.63, 3.8) is 0 Å². The molecule has 5 nitrogen and oxygen atoms in total. The van der Waals surface area contributed by atoms with Crippen LogP contribution in [0.1, 0.15) is 27.2 Å². The lowest BCUT2D eigenvalue weighted by molar-refractivity contribution is -0.323. The van der Waals surface area contributed by atoms with Gasteiger partial charge in [0.1, 0.15) is 0 Å². The fraction of sp³-hybridized carbons (Fsp3) is 0.800. The maximum absolute atomic E-state index is 11.1. The van der Waals surface area contributed by atoms with Crippen molar-refractivity contribution in [2.45, 2.75) is 32.7 Å². The fourth-order valence-electron chi connectivity index (χ4n) is 2.27. The maximum atomic E-state index is 11.1. The van der Waals surface area contributed by atoms with E-state index >= 15 is 0 Å². The van der Waals surface area contributed by atoms with Gasteiger partial charge in [-0.15, -0.1) is 0 Å². The van der Waals surface area contributed by atoms with Gasteiger partial charge in [0, 0.05) is 17.9 Å². The highest BCUT2D eigenvalue weighted by molar-refractivity contribution is 5.82. The van der Waals surface area contributed by atoms with Crippen LogP contribution < -0.4 is 15.5 Å². The van der Waals surface area contributed by atoms with E-state index in [0.29, 0.717) is 6.42 Å². The highest BCUT2D eigenvalue weighted by Crippen LogP contribution is 2.42. The normalized spacial score (nSPS) is 40.3. The summed E-state index contributed by atoms with van der Waals surface area (Å²) < 4.78 is 0. The number of carboxylic acids is 2. The Morgan fingerprint density at radius 2 is 1.93 bits per heavy atom. The van der Waals surface area contributed by atoms with E-state index < -0.39 is 28.8 Å². The largest absolute Gasteiger partial charge is 0.549 e. The molecule has 0 aromatic heterocycles. The first-order chi connectivity index (χ1) is 6.81. The zero-order chi connectivity index (χ0) is 11.9. The number of aliphatic carboxylic acids is 2. The van der Waals surface area contributed by atoms with Gasteiger partial charge in [0.15, 0.2) is 0 Å². The van der Waals surface area contributed by atoms with Crippen molar-refractivity contribution in [2.24, 2.45) is 11.3 Å². The number of nitrogens with one attached hydrogen (secondary N) is 1. The average molecular weight is 213 g/mol. The Balaban J connectivity index is 3.11. The molecule has 0 saturated carbocycles. The standard InChI is InChI=1S/C10H17NO4/c1-4-10(8(14)15)5-11-9(3,6(10)2)7(12)13/h6,11H,4-5H2,1-3H3,(H,12,13)(H,14,15)/p-2. The number of carbonyl (C=O) groups excluding carboxylic acids is 2. The summed E-state index contributed by atoms with van der Waals surface area (Å²) in [6.45, 7) is 4.88.